The van der Waals surface area contributed by atoms with Crippen molar-refractivity contribution in [2.75, 3.05) is 18.5 Å². The van der Waals surface area contributed by atoms with Gasteiger partial charge in [-0.2, -0.15) is 4.31 Å². The summed E-state index contributed by atoms with van der Waals surface area (Å²) in [7, 11) is -2.36. The van der Waals surface area contributed by atoms with Gasteiger partial charge in [-0.05, 0) is 44.4 Å². The number of hydrogen-bond acceptors (Lipinski definition) is 5. The highest BCUT2D eigenvalue weighted by Gasteiger charge is 2.40. The summed E-state index contributed by atoms with van der Waals surface area (Å²) in [5.41, 5.74) is 1.70. The Balaban J connectivity index is 1.84. The zero-order valence-corrected chi connectivity index (χ0v) is 17.5. The molecule has 2 aromatic rings. The molecule has 2 heterocycles. The van der Waals surface area contributed by atoms with Crippen molar-refractivity contribution in [3.05, 3.63) is 47.8 Å². The number of ether oxygens (including phenoxy) is 1. The Labute approximate surface area is 170 Å². The minimum atomic E-state index is -3.94. The molecule has 1 aromatic heterocycles. The fourth-order valence-corrected chi connectivity index (χ4v) is 5.17. The van der Waals surface area contributed by atoms with Crippen molar-refractivity contribution in [1.29, 1.82) is 0 Å². The van der Waals surface area contributed by atoms with Crippen LogP contribution in [0.4, 0.5) is 5.69 Å². The molecule has 1 fully saturated rings. The van der Waals surface area contributed by atoms with Crippen LogP contribution in [-0.2, 0) is 26.6 Å². The number of nitrogens with one attached hydrogen (secondary N) is 1. The number of sulfonamides is 1. The Morgan fingerprint density at radius 1 is 1.28 bits per heavy atom. The van der Waals surface area contributed by atoms with Gasteiger partial charge < -0.3 is 14.6 Å². The maximum Gasteiger partial charge on any atom is 0.354 e. The summed E-state index contributed by atoms with van der Waals surface area (Å²) in [6, 6.07) is 7.83. The maximum absolute atomic E-state index is 13.2. The fraction of sp³-hybridized carbons (Fsp3) is 0.400. The topological polar surface area (TPSA) is 97.7 Å². The van der Waals surface area contributed by atoms with Gasteiger partial charge in [0.25, 0.3) is 0 Å². The van der Waals surface area contributed by atoms with Crippen LogP contribution in [-0.4, -0.2) is 48.4 Å². The van der Waals surface area contributed by atoms with Gasteiger partial charge in [0.15, 0.2) is 0 Å². The highest BCUT2D eigenvalue weighted by molar-refractivity contribution is 7.89. The molecule has 1 aliphatic heterocycles. The molecule has 1 N–H and O–H groups in total. The Bertz CT molecular complexity index is 1030. The Hall–Kier alpha value is -2.65. The molecule has 8 nitrogen and oxygen atoms in total. The second kappa shape index (κ2) is 8.38. The summed E-state index contributed by atoms with van der Waals surface area (Å²) in [5.74, 6) is -0.950. The predicted molar refractivity (Wildman–Crippen MR) is 108 cm³/mol. The molecule has 1 atom stereocenters. The number of anilines is 1. The molecule has 0 spiro atoms. The van der Waals surface area contributed by atoms with E-state index in [0.29, 0.717) is 18.5 Å². The van der Waals surface area contributed by atoms with Gasteiger partial charge >= 0.3 is 5.97 Å². The van der Waals surface area contributed by atoms with Gasteiger partial charge in [0.05, 0.1) is 6.61 Å². The van der Waals surface area contributed by atoms with Crippen molar-refractivity contribution >= 4 is 27.6 Å². The fourth-order valence-electron chi connectivity index (χ4n) is 3.44. The van der Waals surface area contributed by atoms with Crippen LogP contribution >= 0.6 is 0 Å². The van der Waals surface area contributed by atoms with E-state index in [1.165, 1.54) is 21.1 Å². The van der Waals surface area contributed by atoms with E-state index in [9.17, 15) is 18.0 Å². The van der Waals surface area contributed by atoms with E-state index in [4.69, 9.17) is 4.74 Å². The first-order valence-electron chi connectivity index (χ1n) is 9.47. The third-order valence-electron chi connectivity index (χ3n) is 4.98. The molecule has 29 heavy (non-hydrogen) atoms. The van der Waals surface area contributed by atoms with Crippen molar-refractivity contribution in [3.63, 3.8) is 0 Å². The number of carbonyl (C=O) groups excluding carboxylic acids is 2. The zero-order valence-electron chi connectivity index (χ0n) is 16.7. The van der Waals surface area contributed by atoms with E-state index in [-0.39, 0.29) is 29.6 Å². The lowest BCUT2D eigenvalue weighted by atomic mass is 10.1. The first kappa shape index (κ1) is 21.1. The molecular formula is C20H25N3O5S. The Morgan fingerprint density at radius 2 is 2.00 bits per heavy atom. The lowest BCUT2D eigenvalue weighted by molar-refractivity contribution is -0.119. The van der Waals surface area contributed by atoms with Gasteiger partial charge in [0, 0.05) is 25.5 Å². The molecule has 156 valence electrons. The van der Waals surface area contributed by atoms with Crippen molar-refractivity contribution in [1.82, 2.24) is 8.87 Å². The van der Waals surface area contributed by atoms with E-state index in [1.807, 2.05) is 25.1 Å². The molecule has 0 radical (unpaired) electrons. The molecule has 1 saturated heterocycles. The minimum Gasteiger partial charge on any atom is -0.461 e. The van der Waals surface area contributed by atoms with Crippen LogP contribution in [0.3, 0.4) is 0 Å². The third kappa shape index (κ3) is 4.20. The van der Waals surface area contributed by atoms with Crippen LogP contribution in [0, 0.1) is 6.92 Å². The van der Waals surface area contributed by atoms with Gasteiger partial charge in [-0.25, -0.2) is 13.2 Å². The van der Waals surface area contributed by atoms with Crippen LogP contribution in [0.1, 0.15) is 35.8 Å². The van der Waals surface area contributed by atoms with Crippen molar-refractivity contribution in [2.45, 2.75) is 37.6 Å². The summed E-state index contributed by atoms with van der Waals surface area (Å²) in [6.45, 7) is 4.00. The summed E-state index contributed by atoms with van der Waals surface area (Å²) < 4.78 is 34.0. The molecule has 3 rings (SSSR count). The average molecular weight is 420 g/mol. The third-order valence-corrected chi connectivity index (χ3v) is 6.85. The van der Waals surface area contributed by atoms with E-state index in [2.05, 4.69) is 5.32 Å². The number of nitrogens with zero attached hydrogens (tertiary/aromatic N) is 2. The summed E-state index contributed by atoms with van der Waals surface area (Å²) in [6.07, 6.45) is 2.40. The summed E-state index contributed by atoms with van der Waals surface area (Å²) in [5, 5.41) is 2.83. The number of carbonyl (C=O) groups is 2. The van der Waals surface area contributed by atoms with Crippen LogP contribution in [0.15, 0.2) is 41.4 Å². The van der Waals surface area contributed by atoms with Crippen molar-refractivity contribution < 1.29 is 22.7 Å². The van der Waals surface area contributed by atoms with E-state index >= 15 is 0 Å². The molecule has 0 bridgehead atoms. The molecule has 0 saturated carbocycles. The van der Waals surface area contributed by atoms with E-state index < -0.39 is 22.0 Å². The lowest BCUT2D eigenvalue weighted by Crippen LogP contribution is -2.43. The standard InChI is InChI=1S/C20H25N3O5S/c1-4-28-20(25)18-12-15(13-22(18)3)29(26,27)23-11-7-10-17(23)19(24)21-16-9-6-5-8-14(16)2/h5-6,8-9,12-13,17H,4,7,10-11H2,1-3H3,(H,21,24)/t17-/m0/s1. The number of hydrogen-bond donors (Lipinski definition) is 1. The molecule has 9 heteroatoms. The van der Waals surface area contributed by atoms with Gasteiger partial charge in [-0.3, -0.25) is 4.79 Å². The average Bonchev–Trinajstić information content (AvgIpc) is 3.31. The molecule has 1 amide bonds. The number of rotatable bonds is 6. The number of aryl methyl sites for hydroxylation is 2. The van der Waals surface area contributed by atoms with Crippen LogP contribution in [0.25, 0.3) is 0 Å². The first-order chi connectivity index (χ1) is 13.8. The largest absolute Gasteiger partial charge is 0.461 e. The monoisotopic (exact) mass is 419 g/mol. The molecule has 1 aromatic carbocycles. The zero-order chi connectivity index (χ0) is 21.2. The second-order valence-electron chi connectivity index (χ2n) is 6.97. The molecule has 1 aliphatic rings. The van der Waals surface area contributed by atoms with Gasteiger partial charge in [0.2, 0.25) is 15.9 Å². The van der Waals surface area contributed by atoms with Gasteiger partial charge in [0.1, 0.15) is 16.6 Å². The molecule has 0 unspecified atom stereocenters. The number of aromatic nitrogens is 1. The quantitative estimate of drug-likeness (QED) is 0.725. The van der Waals surface area contributed by atoms with Gasteiger partial charge in [-0.15, -0.1) is 0 Å². The molecular weight excluding hydrogens is 394 g/mol. The smallest absolute Gasteiger partial charge is 0.354 e. The predicted octanol–water partition coefficient (Wildman–Crippen LogP) is 2.30. The van der Waals surface area contributed by atoms with E-state index in [1.54, 1.807) is 20.0 Å². The number of esters is 1. The SMILES string of the molecule is CCOC(=O)c1cc(S(=O)(=O)N2CCC[C@H]2C(=O)Nc2ccccc2C)cn1C. The highest BCUT2D eigenvalue weighted by Crippen LogP contribution is 2.28. The van der Waals surface area contributed by atoms with Crippen molar-refractivity contribution in [3.8, 4) is 0 Å². The summed E-state index contributed by atoms with van der Waals surface area (Å²) >= 11 is 0. The number of benzene rings is 1. The van der Waals surface area contributed by atoms with Crippen molar-refractivity contribution in [2.24, 2.45) is 7.05 Å². The molecule has 0 aliphatic carbocycles. The Kier molecular flexibility index (Phi) is 6.09. The minimum absolute atomic E-state index is 0.0290. The number of para-hydroxylation sites is 1. The first-order valence-corrected chi connectivity index (χ1v) is 10.9. The van der Waals surface area contributed by atoms with Crippen LogP contribution < -0.4 is 5.32 Å². The normalized spacial score (nSPS) is 17.3. The lowest BCUT2D eigenvalue weighted by Gasteiger charge is -2.23. The van der Waals surface area contributed by atoms with E-state index in [0.717, 1.165) is 5.56 Å². The summed E-state index contributed by atoms with van der Waals surface area (Å²) in [4.78, 5) is 24.8. The highest BCUT2D eigenvalue weighted by atomic mass is 32.2. The number of amides is 1. The Morgan fingerprint density at radius 3 is 2.69 bits per heavy atom. The van der Waals surface area contributed by atoms with Gasteiger partial charge in [-0.1, -0.05) is 18.2 Å². The second-order valence-corrected chi connectivity index (χ2v) is 8.86. The maximum atomic E-state index is 13.2. The van der Waals surface area contributed by atoms with Crippen LogP contribution in [0.5, 0.6) is 0 Å². The van der Waals surface area contributed by atoms with Crippen LogP contribution in [0.2, 0.25) is 0 Å².